The van der Waals surface area contributed by atoms with Gasteiger partial charge in [-0.25, -0.2) is 4.68 Å². The van der Waals surface area contributed by atoms with Crippen molar-refractivity contribution in [1.82, 2.24) is 19.2 Å². The zero-order valence-electron chi connectivity index (χ0n) is 18.2. The summed E-state index contributed by atoms with van der Waals surface area (Å²) in [5, 5.41) is 4.74. The minimum atomic E-state index is -0.295. The van der Waals surface area contributed by atoms with Crippen LogP contribution in [0.2, 0.25) is 0 Å². The van der Waals surface area contributed by atoms with E-state index in [1.165, 1.54) is 10.6 Å². The normalized spacial score (nSPS) is 16.4. The molecule has 1 atom stereocenters. The third-order valence-electron chi connectivity index (χ3n) is 5.77. The van der Waals surface area contributed by atoms with Crippen molar-refractivity contribution in [2.75, 3.05) is 26.9 Å². The maximum absolute atomic E-state index is 13.4. The highest BCUT2D eigenvalue weighted by atomic mass is 16.5. The summed E-state index contributed by atoms with van der Waals surface area (Å²) in [5.41, 5.74) is 3.74. The molecule has 1 aromatic carbocycles. The zero-order chi connectivity index (χ0) is 22.1. The second kappa shape index (κ2) is 8.39. The third-order valence-corrected chi connectivity index (χ3v) is 5.77. The van der Waals surface area contributed by atoms with Gasteiger partial charge in [0, 0.05) is 37.0 Å². The fraction of sp³-hybridized carbons (Fsp3) is 0.348. The van der Waals surface area contributed by atoms with Gasteiger partial charge in [-0.15, -0.1) is 0 Å². The number of morpholine rings is 1. The van der Waals surface area contributed by atoms with Crippen molar-refractivity contribution in [3.63, 3.8) is 0 Å². The number of aromatic nitrogens is 3. The van der Waals surface area contributed by atoms with E-state index in [0.717, 1.165) is 28.4 Å². The molecule has 3 heterocycles. The summed E-state index contributed by atoms with van der Waals surface area (Å²) >= 11 is 0. The van der Waals surface area contributed by atoms with E-state index in [4.69, 9.17) is 14.6 Å². The minimum absolute atomic E-state index is 0.193. The Morgan fingerprint density at radius 2 is 1.97 bits per heavy atom. The topological polar surface area (TPSA) is 78.6 Å². The molecule has 31 heavy (non-hydrogen) atoms. The van der Waals surface area contributed by atoms with Crippen LogP contribution in [-0.4, -0.2) is 52.0 Å². The molecule has 1 aliphatic rings. The highest BCUT2D eigenvalue weighted by Gasteiger charge is 2.34. The molecule has 3 aromatic rings. The maximum atomic E-state index is 13.4. The molecule has 1 amide bonds. The van der Waals surface area contributed by atoms with E-state index >= 15 is 0 Å². The fourth-order valence-corrected chi connectivity index (χ4v) is 4.14. The Hall–Kier alpha value is -3.39. The summed E-state index contributed by atoms with van der Waals surface area (Å²) < 4.78 is 14.3. The Kier molecular flexibility index (Phi) is 5.65. The number of carbonyl (C=O) groups is 1. The van der Waals surface area contributed by atoms with Crippen molar-refractivity contribution in [2.24, 2.45) is 7.05 Å². The van der Waals surface area contributed by atoms with E-state index in [2.05, 4.69) is 0 Å². The molecule has 8 nitrogen and oxygen atoms in total. The average Bonchev–Trinajstić information content (AvgIpc) is 3.09. The van der Waals surface area contributed by atoms with Gasteiger partial charge in [0.2, 0.25) is 0 Å². The number of hydrogen-bond acceptors (Lipinski definition) is 5. The van der Waals surface area contributed by atoms with Gasteiger partial charge in [0.15, 0.2) is 0 Å². The van der Waals surface area contributed by atoms with Crippen LogP contribution >= 0.6 is 0 Å². The van der Waals surface area contributed by atoms with Crippen LogP contribution in [0.25, 0.3) is 5.69 Å². The second-order valence-electron chi connectivity index (χ2n) is 7.60. The van der Waals surface area contributed by atoms with E-state index < -0.39 is 0 Å². The first-order valence-corrected chi connectivity index (χ1v) is 10.2. The number of ether oxygens (including phenoxy) is 2. The highest BCUT2D eigenvalue weighted by Crippen LogP contribution is 2.32. The lowest BCUT2D eigenvalue weighted by atomic mass is 10.0. The number of pyridine rings is 1. The Morgan fingerprint density at radius 3 is 2.74 bits per heavy atom. The third kappa shape index (κ3) is 3.74. The number of nitrogens with zero attached hydrogens (tertiary/aromatic N) is 4. The number of carbonyl (C=O) groups excluding carboxylic acids is 1. The van der Waals surface area contributed by atoms with Gasteiger partial charge in [0.05, 0.1) is 37.7 Å². The van der Waals surface area contributed by atoms with Crippen molar-refractivity contribution in [3.05, 3.63) is 75.5 Å². The second-order valence-corrected chi connectivity index (χ2v) is 7.60. The van der Waals surface area contributed by atoms with Gasteiger partial charge in [-0.1, -0.05) is 12.1 Å². The maximum Gasteiger partial charge on any atom is 0.271 e. The van der Waals surface area contributed by atoms with Crippen LogP contribution < -0.4 is 10.3 Å². The molecule has 4 rings (SSSR count). The molecule has 0 aliphatic carbocycles. The van der Waals surface area contributed by atoms with Crippen LogP contribution in [0.4, 0.5) is 0 Å². The SMILES string of the molecule is COc1cccc(-n2nc(C)c(C3COCCN3C(=O)c3cccc(=O)n3C)c2C)c1. The van der Waals surface area contributed by atoms with Gasteiger partial charge >= 0.3 is 0 Å². The van der Waals surface area contributed by atoms with Crippen LogP contribution in [0.15, 0.2) is 47.3 Å². The first-order chi connectivity index (χ1) is 14.9. The van der Waals surface area contributed by atoms with Crippen molar-refractivity contribution < 1.29 is 14.3 Å². The highest BCUT2D eigenvalue weighted by molar-refractivity contribution is 5.93. The van der Waals surface area contributed by atoms with E-state index in [0.29, 0.717) is 25.5 Å². The van der Waals surface area contributed by atoms with Crippen molar-refractivity contribution >= 4 is 5.91 Å². The molecule has 1 fully saturated rings. The molecule has 0 spiro atoms. The molecule has 8 heteroatoms. The summed E-state index contributed by atoms with van der Waals surface area (Å²) in [6.45, 7) is 5.19. The fourth-order valence-electron chi connectivity index (χ4n) is 4.14. The minimum Gasteiger partial charge on any atom is -0.497 e. The van der Waals surface area contributed by atoms with E-state index in [1.54, 1.807) is 31.2 Å². The van der Waals surface area contributed by atoms with Gasteiger partial charge in [-0.2, -0.15) is 5.10 Å². The monoisotopic (exact) mass is 422 g/mol. The first kappa shape index (κ1) is 20.9. The summed E-state index contributed by atoms with van der Waals surface area (Å²) in [4.78, 5) is 27.2. The summed E-state index contributed by atoms with van der Waals surface area (Å²) in [7, 11) is 3.24. The largest absolute Gasteiger partial charge is 0.497 e. The number of methoxy groups -OCH3 is 1. The first-order valence-electron chi connectivity index (χ1n) is 10.2. The van der Waals surface area contributed by atoms with Gasteiger partial charge in [-0.3, -0.25) is 9.59 Å². The molecular formula is C23H26N4O4. The molecule has 0 radical (unpaired) electrons. The molecule has 1 unspecified atom stereocenters. The number of hydrogen-bond donors (Lipinski definition) is 0. The molecule has 0 saturated carbocycles. The van der Waals surface area contributed by atoms with Crippen molar-refractivity contribution in [2.45, 2.75) is 19.9 Å². The van der Waals surface area contributed by atoms with Crippen molar-refractivity contribution in [1.29, 1.82) is 0 Å². The van der Waals surface area contributed by atoms with Crippen LogP contribution in [0.5, 0.6) is 5.75 Å². The number of benzene rings is 1. The smallest absolute Gasteiger partial charge is 0.271 e. The van der Waals surface area contributed by atoms with Gasteiger partial charge in [-0.05, 0) is 32.0 Å². The van der Waals surface area contributed by atoms with Gasteiger partial charge in [0.25, 0.3) is 11.5 Å². The average molecular weight is 422 g/mol. The lowest BCUT2D eigenvalue weighted by Crippen LogP contribution is -2.45. The number of aryl methyl sites for hydroxylation is 1. The predicted molar refractivity (Wildman–Crippen MR) is 116 cm³/mol. The van der Waals surface area contributed by atoms with Crippen LogP contribution in [0.3, 0.4) is 0 Å². The lowest BCUT2D eigenvalue weighted by Gasteiger charge is -2.36. The van der Waals surface area contributed by atoms with Gasteiger partial charge in [0.1, 0.15) is 11.4 Å². The van der Waals surface area contributed by atoms with Crippen LogP contribution in [-0.2, 0) is 11.8 Å². The summed E-state index contributed by atoms with van der Waals surface area (Å²) in [6.07, 6.45) is 0. The van der Waals surface area contributed by atoms with E-state index in [9.17, 15) is 9.59 Å². The standard InChI is InChI=1S/C23H26N4O4/c1-15-22(16(2)27(24-15)17-7-5-8-18(13-17)30-4)20-14-31-12-11-26(20)23(29)19-9-6-10-21(28)25(19)3/h5-10,13,20H,11-12,14H2,1-4H3. The summed E-state index contributed by atoms with van der Waals surface area (Å²) in [5.74, 6) is 0.552. The molecule has 1 saturated heterocycles. The molecule has 2 aromatic heterocycles. The molecule has 0 N–H and O–H groups in total. The van der Waals surface area contributed by atoms with Crippen LogP contribution in [0, 0.1) is 13.8 Å². The predicted octanol–water partition coefficient (Wildman–Crippen LogP) is 2.41. The molecule has 1 aliphatic heterocycles. The van der Waals surface area contributed by atoms with E-state index in [-0.39, 0.29) is 17.5 Å². The summed E-state index contributed by atoms with van der Waals surface area (Å²) in [6, 6.07) is 12.1. The van der Waals surface area contributed by atoms with Crippen LogP contribution in [0.1, 0.15) is 33.5 Å². The molecule has 162 valence electrons. The Morgan fingerprint density at radius 1 is 1.19 bits per heavy atom. The van der Waals surface area contributed by atoms with Crippen molar-refractivity contribution in [3.8, 4) is 11.4 Å². The number of amides is 1. The quantitative estimate of drug-likeness (QED) is 0.645. The number of rotatable bonds is 4. The lowest BCUT2D eigenvalue weighted by molar-refractivity contribution is -0.00360. The zero-order valence-corrected chi connectivity index (χ0v) is 18.2. The molecule has 0 bridgehead atoms. The molecular weight excluding hydrogens is 396 g/mol. The Labute approximate surface area is 180 Å². The Bertz CT molecular complexity index is 1180. The van der Waals surface area contributed by atoms with Gasteiger partial charge < -0.3 is 18.9 Å². The van der Waals surface area contributed by atoms with E-state index in [1.807, 2.05) is 42.8 Å². The Balaban J connectivity index is 1.75.